The number of hydrogen-bond acceptors (Lipinski definition) is 2. The van der Waals surface area contributed by atoms with Crippen LogP contribution < -0.4 is 0 Å². The van der Waals surface area contributed by atoms with Gasteiger partial charge in [0.2, 0.25) is 0 Å². The maximum Gasteiger partial charge on any atom is 0.0778 e. The van der Waals surface area contributed by atoms with Gasteiger partial charge >= 0.3 is 0 Å². The molecular weight excluding hydrogens is 210 g/mol. The van der Waals surface area contributed by atoms with Crippen LogP contribution in [0.4, 0.5) is 0 Å². The highest BCUT2D eigenvalue weighted by molar-refractivity contribution is 9.10. The summed E-state index contributed by atoms with van der Waals surface area (Å²) in [5.41, 5.74) is 0. The summed E-state index contributed by atoms with van der Waals surface area (Å²) in [4.78, 5) is 1.12. The van der Waals surface area contributed by atoms with Crippen molar-refractivity contribution < 1.29 is 0 Å². The highest BCUT2D eigenvalue weighted by Crippen LogP contribution is 2.25. The van der Waals surface area contributed by atoms with Crippen molar-refractivity contribution >= 4 is 27.3 Å². The number of hydrogen-bond donors (Lipinski definition) is 0. The molecule has 1 atom stereocenters. The third-order valence-corrected chi connectivity index (χ3v) is 3.08. The van der Waals surface area contributed by atoms with Crippen LogP contribution in [0.3, 0.4) is 0 Å². The molecule has 0 saturated carbocycles. The van der Waals surface area contributed by atoms with Gasteiger partial charge in [0, 0.05) is 14.7 Å². The molecule has 1 nitrogen and oxygen atoms in total. The summed E-state index contributed by atoms with van der Waals surface area (Å²) in [5, 5.41) is 10.5. The van der Waals surface area contributed by atoms with Crippen LogP contribution in [0.25, 0.3) is 0 Å². The van der Waals surface area contributed by atoms with Crippen LogP contribution in [0, 0.1) is 11.3 Å². The van der Waals surface area contributed by atoms with Crippen molar-refractivity contribution in [1.29, 1.82) is 5.26 Å². The second-order valence-electron chi connectivity index (χ2n) is 2.02. The van der Waals surface area contributed by atoms with Gasteiger partial charge in [-0.1, -0.05) is 0 Å². The van der Waals surface area contributed by atoms with E-state index in [9.17, 15) is 0 Å². The third-order valence-electron chi connectivity index (χ3n) is 1.21. The van der Waals surface area contributed by atoms with Crippen molar-refractivity contribution in [2.45, 2.75) is 12.8 Å². The summed E-state index contributed by atoms with van der Waals surface area (Å²) in [7, 11) is 0. The maximum atomic E-state index is 8.54. The Kier molecular flexibility index (Phi) is 2.47. The van der Waals surface area contributed by atoms with Crippen LogP contribution in [-0.4, -0.2) is 0 Å². The first kappa shape index (κ1) is 7.77. The standard InChI is InChI=1S/C7H6BrNS/c1-5(3-9)7-2-6(8)4-10-7/h2,4-5H,1H3. The summed E-state index contributed by atoms with van der Waals surface area (Å²) in [6.07, 6.45) is 0. The predicted molar refractivity (Wildman–Crippen MR) is 46.0 cm³/mol. The normalized spacial score (nSPS) is 12.5. The Labute approximate surface area is 72.4 Å². The molecule has 0 fully saturated rings. The fourth-order valence-electron chi connectivity index (χ4n) is 0.619. The van der Waals surface area contributed by atoms with Crippen molar-refractivity contribution in [2.24, 2.45) is 0 Å². The van der Waals surface area contributed by atoms with Gasteiger partial charge in [-0.15, -0.1) is 11.3 Å². The molecule has 0 aromatic carbocycles. The molecule has 0 spiro atoms. The average Bonchev–Trinajstić information content (AvgIpc) is 2.34. The van der Waals surface area contributed by atoms with E-state index < -0.39 is 0 Å². The lowest BCUT2D eigenvalue weighted by molar-refractivity contribution is 1.01. The van der Waals surface area contributed by atoms with Gasteiger partial charge < -0.3 is 0 Å². The summed E-state index contributed by atoms with van der Waals surface area (Å²) in [6.45, 7) is 1.90. The largest absolute Gasteiger partial charge is 0.198 e. The summed E-state index contributed by atoms with van der Waals surface area (Å²) < 4.78 is 1.06. The van der Waals surface area contributed by atoms with E-state index in [2.05, 4.69) is 22.0 Å². The molecule has 0 aliphatic rings. The van der Waals surface area contributed by atoms with E-state index in [4.69, 9.17) is 5.26 Å². The van der Waals surface area contributed by atoms with Crippen molar-refractivity contribution in [2.75, 3.05) is 0 Å². The minimum Gasteiger partial charge on any atom is -0.198 e. The SMILES string of the molecule is CC(C#N)c1cc(Br)cs1. The van der Waals surface area contributed by atoms with E-state index in [0.717, 1.165) is 9.35 Å². The lowest BCUT2D eigenvalue weighted by Gasteiger charge is -1.92. The molecule has 1 aromatic heterocycles. The van der Waals surface area contributed by atoms with Crippen LogP contribution in [0.1, 0.15) is 17.7 Å². The Bertz CT molecular complexity index is 261. The Morgan fingerprint density at radius 3 is 2.90 bits per heavy atom. The Morgan fingerprint density at radius 2 is 2.50 bits per heavy atom. The molecule has 52 valence electrons. The van der Waals surface area contributed by atoms with Gasteiger partial charge in [0.15, 0.2) is 0 Å². The minimum atomic E-state index is 0.0244. The highest BCUT2D eigenvalue weighted by atomic mass is 79.9. The number of thiophene rings is 1. The summed E-state index contributed by atoms with van der Waals surface area (Å²) in [6, 6.07) is 4.17. The van der Waals surface area contributed by atoms with Gasteiger partial charge in [-0.2, -0.15) is 5.26 Å². The summed E-state index contributed by atoms with van der Waals surface area (Å²) >= 11 is 4.94. The van der Waals surface area contributed by atoms with E-state index in [1.54, 1.807) is 11.3 Å². The van der Waals surface area contributed by atoms with Gasteiger partial charge in [-0.3, -0.25) is 0 Å². The molecule has 3 heteroatoms. The molecule has 0 bridgehead atoms. The average molecular weight is 216 g/mol. The van der Waals surface area contributed by atoms with Crippen LogP contribution in [0.2, 0.25) is 0 Å². The maximum absolute atomic E-state index is 8.54. The molecule has 1 heterocycles. The second kappa shape index (κ2) is 3.18. The van der Waals surface area contributed by atoms with Gasteiger partial charge in [0.1, 0.15) is 0 Å². The van der Waals surface area contributed by atoms with Gasteiger partial charge in [0.05, 0.1) is 12.0 Å². The zero-order valence-electron chi connectivity index (χ0n) is 5.47. The molecule has 1 unspecified atom stereocenters. The zero-order chi connectivity index (χ0) is 7.56. The topological polar surface area (TPSA) is 23.8 Å². The molecule has 1 aromatic rings. The smallest absolute Gasteiger partial charge is 0.0778 e. The Hall–Kier alpha value is -0.330. The first-order valence-corrected chi connectivity index (χ1v) is 4.55. The fraction of sp³-hybridized carbons (Fsp3) is 0.286. The quantitative estimate of drug-likeness (QED) is 0.707. The molecule has 0 saturated heterocycles. The van der Waals surface area contributed by atoms with Crippen LogP contribution >= 0.6 is 27.3 Å². The molecule has 0 N–H and O–H groups in total. The first-order chi connectivity index (χ1) is 4.74. The van der Waals surface area contributed by atoms with E-state index in [1.165, 1.54) is 0 Å². The van der Waals surface area contributed by atoms with Crippen LogP contribution in [0.5, 0.6) is 0 Å². The molecule has 0 amide bonds. The van der Waals surface area contributed by atoms with E-state index in [0.29, 0.717) is 0 Å². The number of halogens is 1. The molecule has 0 aliphatic carbocycles. The number of nitrogens with zero attached hydrogens (tertiary/aromatic N) is 1. The van der Waals surface area contributed by atoms with E-state index in [1.807, 2.05) is 18.4 Å². The Balaban J connectivity index is 2.87. The van der Waals surface area contributed by atoms with Crippen molar-refractivity contribution in [3.05, 3.63) is 20.8 Å². The minimum absolute atomic E-state index is 0.0244. The lowest BCUT2D eigenvalue weighted by Crippen LogP contribution is -1.81. The van der Waals surface area contributed by atoms with Crippen LogP contribution in [-0.2, 0) is 0 Å². The molecule has 0 radical (unpaired) electrons. The van der Waals surface area contributed by atoms with Crippen molar-refractivity contribution in [3.8, 4) is 6.07 Å². The second-order valence-corrected chi connectivity index (χ2v) is 3.88. The van der Waals surface area contributed by atoms with Crippen molar-refractivity contribution in [3.63, 3.8) is 0 Å². The number of rotatable bonds is 1. The van der Waals surface area contributed by atoms with Gasteiger partial charge in [-0.25, -0.2) is 0 Å². The van der Waals surface area contributed by atoms with Gasteiger partial charge in [-0.05, 0) is 28.9 Å². The monoisotopic (exact) mass is 215 g/mol. The van der Waals surface area contributed by atoms with Crippen molar-refractivity contribution in [1.82, 2.24) is 0 Å². The highest BCUT2D eigenvalue weighted by Gasteiger charge is 2.04. The first-order valence-electron chi connectivity index (χ1n) is 2.87. The van der Waals surface area contributed by atoms with E-state index >= 15 is 0 Å². The Morgan fingerprint density at radius 1 is 1.80 bits per heavy atom. The zero-order valence-corrected chi connectivity index (χ0v) is 7.87. The third kappa shape index (κ3) is 1.59. The van der Waals surface area contributed by atoms with E-state index in [-0.39, 0.29) is 5.92 Å². The predicted octanol–water partition coefficient (Wildman–Crippen LogP) is 3.14. The molecule has 1 rings (SSSR count). The van der Waals surface area contributed by atoms with Gasteiger partial charge in [0.25, 0.3) is 0 Å². The van der Waals surface area contributed by atoms with Crippen LogP contribution in [0.15, 0.2) is 15.9 Å². The molecular formula is C7H6BrNS. The molecule has 10 heavy (non-hydrogen) atoms. The molecule has 0 aliphatic heterocycles. The fourth-order valence-corrected chi connectivity index (χ4v) is 2.07. The lowest BCUT2D eigenvalue weighted by atomic mass is 10.2. The summed E-state index contributed by atoms with van der Waals surface area (Å²) in [5.74, 6) is 0.0244. The number of nitriles is 1.